The maximum Gasteiger partial charge on any atom is 0.311 e. The fourth-order valence-electron chi connectivity index (χ4n) is 7.14. The summed E-state index contributed by atoms with van der Waals surface area (Å²) in [5, 5.41) is -0.292. The number of esters is 2. The lowest BCUT2D eigenvalue weighted by atomic mass is 9.80. The molecular weight excluding hydrogens is 1290 g/mol. The van der Waals surface area contributed by atoms with Crippen LogP contribution in [0.4, 0.5) is 8.78 Å². The van der Waals surface area contributed by atoms with Crippen LogP contribution in [-0.2, 0) is 72.2 Å². The molecule has 0 aromatic carbocycles. The van der Waals surface area contributed by atoms with Crippen LogP contribution in [0.2, 0.25) is 0 Å². The van der Waals surface area contributed by atoms with Gasteiger partial charge < -0.3 is 19.0 Å². The van der Waals surface area contributed by atoms with Crippen molar-refractivity contribution >= 4 is 66.8 Å². The third-order valence-corrected chi connectivity index (χ3v) is 21.7. The number of sulfone groups is 2. The van der Waals surface area contributed by atoms with E-state index in [1.807, 2.05) is 159 Å². The van der Waals surface area contributed by atoms with Gasteiger partial charge in [0.25, 0.3) is 6.43 Å². The van der Waals surface area contributed by atoms with Crippen molar-refractivity contribution in [3.05, 3.63) is 0 Å². The Labute approximate surface area is 600 Å². The predicted octanol–water partition coefficient (Wildman–Crippen LogP) is 19.9. The van der Waals surface area contributed by atoms with Crippen molar-refractivity contribution in [1.29, 1.82) is 0 Å². The van der Waals surface area contributed by atoms with Gasteiger partial charge in [-0.15, -0.1) is 0 Å². The first-order valence-corrected chi connectivity index (χ1v) is 38.8. The molecule has 0 aromatic heterocycles. The van der Waals surface area contributed by atoms with Gasteiger partial charge in [-0.1, -0.05) is 159 Å². The zero-order chi connectivity index (χ0) is 80.2. The number of hydrogen-bond donors (Lipinski definition) is 0. The molecule has 4 aliphatic carbocycles. The maximum atomic E-state index is 11.6. The molecule has 4 saturated carbocycles. The highest BCUT2D eigenvalue weighted by molar-refractivity contribution is 7.93. The van der Waals surface area contributed by atoms with E-state index in [-0.39, 0.29) is 77.6 Å². The number of alkyl halides is 2. The SMILES string of the molecule is CC(=O)C(C)(C)C.CC(C)(C)C(=O)C(F)F.CC(C)(C)C(=O)C1(C)CC1.CC(C)(C)C(=O)C1CC1.CC(C)(C)C(=O)OC1CCCC1.CC(C)(C)C1COC1.CC(C)(C)C=O.CC(C)(C)S(=O)(=O)C1CC1.CC(C)S(=O)(=O)C(C)(C)C.CCC(=O)C(C)(C)C.CCOC(=O)C(C)(C)C. The number of halogens is 2. The monoisotopic (exact) mass is 1440 g/mol. The van der Waals surface area contributed by atoms with Crippen molar-refractivity contribution in [3.8, 4) is 0 Å². The molecule has 19 heteroatoms. The van der Waals surface area contributed by atoms with Crippen LogP contribution in [0.5, 0.6) is 0 Å². The zero-order valence-electron chi connectivity index (χ0n) is 70.1. The molecule has 5 fully saturated rings. The van der Waals surface area contributed by atoms with E-state index < -0.39 is 46.8 Å². The van der Waals surface area contributed by atoms with E-state index in [9.17, 15) is 64.0 Å². The second-order valence-electron chi connectivity index (χ2n) is 38.5. The highest BCUT2D eigenvalue weighted by Crippen LogP contribution is 2.49. The largest absolute Gasteiger partial charge is 0.466 e. The molecule has 15 nitrogen and oxygen atoms in total. The molecule has 1 saturated heterocycles. The molecule has 0 bridgehead atoms. The van der Waals surface area contributed by atoms with E-state index in [1.54, 1.807) is 62.3 Å². The molecule has 0 aromatic rings. The smallest absolute Gasteiger partial charge is 0.311 e. The van der Waals surface area contributed by atoms with Gasteiger partial charge in [-0.25, -0.2) is 25.6 Å². The molecule has 5 rings (SSSR count). The number of ether oxygens (including phenoxy) is 3. The van der Waals surface area contributed by atoms with Gasteiger partial charge in [-0.3, -0.25) is 33.6 Å². The highest BCUT2D eigenvalue weighted by Gasteiger charge is 2.49. The summed E-state index contributed by atoms with van der Waals surface area (Å²) >= 11 is 0. The van der Waals surface area contributed by atoms with Crippen LogP contribution in [0.3, 0.4) is 0 Å². The van der Waals surface area contributed by atoms with Crippen molar-refractivity contribution in [2.24, 2.45) is 66.0 Å². The van der Waals surface area contributed by atoms with Gasteiger partial charge in [0.15, 0.2) is 19.7 Å². The average Bonchev–Trinajstić information content (AvgIpc) is 1.65. The molecule has 0 radical (unpaired) electrons. The fraction of sp³-hybridized carbons (Fsp3) is 0.899. The molecule has 0 amide bonds. The predicted molar refractivity (Wildman–Crippen MR) is 403 cm³/mol. The zero-order valence-corrected chi connectivity index (χ0v) is 71.8. The van der Waals surface area contributed by atoms with Gasteiger partial charge in [0.2, 0.25) is 5.78 Å². The van der Waals surface area contributed by atoms with E-state index in [0.29, 0.717) is 41.7 Å². The Hall–Kier alpha value is -3.32. The highest BCUT2D eigenvalue weighted by atomic mass is 32.2. The molecule has 98 heavy (non-hydrogen) atoms. The van der Waals surface area contributed by atoms with Gasteiger partial charge in [0.05, 0.1) is 50.6 Å². The van der Waals surface area contributed by atoms with Crippen LogP contribution < -0.4 is 0 Å². The summed E-state index contributed by atoms with van der Waals surface area (Å²) in [5.41, 5.74) is -1.72. The molecule has 5 aliphatic rings. The first kappa shape index (κ1) is 106. The molecule has 584 valence electrons. The van der Waals surface area contributed by atoms with Gasteiger partial charge >= 0.3 is 11.9 Å². The van der Waals surface area contributed by atoms with Gasteiger partial charge in [0, 0.05) is 56.2 Å². The second-order valence-corrected chi connectivity index (χ2v) is 44.7. The summed E-state index contributed by atoms with van der Waals surface area (Å²) < 4.78 is 82.7. The van der Waals surface area contributed by atoms with E-state index >= 15 is 0 Å². The van der Waals surface area contributed by atoms with Gasteiger partial charge in [-0.2, -0.15) is 0 Å². The van der Waals surface area contributed by atoms with Crippen molar-refractivity contribution in [3.63, 3.8) is 0 Å². The summed E-state index contributed by atoms with van der Waals surface area (Å²) in [5.74, 6) is 1.49. The van der Waals surface area contributed by atoms with Crippen molar-refractivity contribution in [2.45, 2.75) is 373 Å². The Kier molecular flexibility index (Phi) is 45.8. The van der Waals surface area contributed by atoms with Crippen molar-refractivity contribution in [2.75, 3.05) is 19.8 Å². The number of hydrogen-bond acceptors (Lipinski definition) is 15. The summed E-state index contributed by atoms with van der Waals surface area (Å²) in [7, 11) is -5.72. The Morgan fingerprint density at radius 1 is 0.531 bits per heavy atom. The average molecular weight is 1440 g/mol. The molecule has 0 unspecified atom stereocenters. The van der Waals surface area contributed by atoms with Gasteiger partial charge in [0.1, 0.15) is 35.5 Å². The molecular formula is C79H152F2O15S2. The van der Waals surface area contributed by atoms with Crippen LogP contribution >= 0.6 is 0 Å². The minimum Gasteiger partial charge on any atom is -0.466 e. The van der Waals surface area contributed by atoms with Crippen LogP contribution in [0, 0.1) is 66.0 Å². The summed E-state index contributed by atoms with van der Waals surface area (Å²) in [6, 6.07) is 0. The molecule has 0 spiro atoms. The lowest BCUT2D eigenvalue weighted by Crippen LogP contribution is -2.37. The Balaban J connectivity index is -0.000000238. The number of carbonyl (C=O) groups is 8. The number of rotatable bonds is 8. The number of carbonyl (C=O) groups excluding carboxylic acids is 8. The van der Waals surface area contributed by atoms with E-state index in [2.05, 4.69) is 27.7 Å². The van der Waals surface area contributed by atoms with Crippen LogP contribution in [-0.4, -0.2) is 116 Å². The lowest BCUT2D eigenvalue weighted by molar-refractivity contribution is -0.158. The third-order valence-electron chi connectivity index (χ3n) is 15.7. The van der Waals surface area contributed by atoms with Crippen LogP contribution in [0.15, 0.2) is 0 Å². The van der Waals surface area contributed by atoms with E-state index in [4.69, 9.17) is 14.2 Å². The Morgan fingerprint density at radius 3 is 0.990 bits per heavy atom. The summed E-state index contributed by atoms with van der Waals surface area (Å²) in [6.07, 6.45) is 9.73. The quantitative estimate of drug-likeness (QED) is 0.162. The van der Waals surface area contributed by atoms with Crippen LogP contribution in [0.25, 0.3) is 0 Å². The maximum absolute atomic E-state index is 11.6. The van der Waals surface area contributed by atoms with Crippen molar-refractivity contribution in [1.82, 2.24) is 0 Å². The molecule has 1 aliphatic heterocycles. The standard InChI is InChI=1S/C10H18O2.C9H16O.C8H14O.C7H14O2S.C7H16O2S.C7H14O2.2C7H14O.C6H10F2O.C6H12O.C5H10O/c1-10(2,3)9(11)12-8-6-4-5-7-8;1-8(2,3)7(10)9(4)5-6-9;1-8(2,3)7(9)6-4-5-6;1-7(2,3)10(8,9)6-4-5-6;1-6(2)10(8,9)7(3,4)5;1-5-9-6(8)7(2,3)4;1-7(2,3)6-4-8-5-6;1-5-6(8)7(2,3)4;1-6(2,3)4(9)5(7)8;1-5(7)6(2,3)4;1-5(2,3)4-6/h8H,4-7H2,1-3H3;5-6H2,1-4H3;6H,4-5H2,1-3H3;6H,4-5H2,1-3H3;6H,1-5H3;5H2,1-4H3;6H,4-5H2,1-3H3;5H2,1-4H3;5H,1-3H3;1-4H3;4H,1-3H3. The Morgan fingerprint density at radius 2 is 0.898 bits per heavy atom. The normalized spacial score (nSPS) is 16.6. The number of aldehydes is 1. The first-order valence-electron chi connectivity index (χ1n) is 35.7. The van der Waals surface area contributed by atoms with E-state index in [1.165, 1.54) is 33.6 Å². The van der Waals surface area contributed by atoms with E-state index in [0.717, 1.165) is 76.8 Å². The molecule has 0 atom stereocenters. The summed E-state index contributed by atoms with van der Waals surface area (Å²) in [4.78, 5) is 86.6. The minimum atomic E-state index is -2.91. The van der Waals surface area contributed by atoms with Gasteiger partial charge in [-0.05, 0) is 180 Å². The van der Waals surface area contributed by atoms with Crippen molar-refractivity contribution < 1.29 is 78.2 Å². The topological polar surface area (TPSA) is 233 Å². The Bertz CT molecular complexity index is 2530. The lowest BCUT2D eigenvalue weighted by Gasteiger charge is -2.37. The van der Waals surface area contributed by atoms with Crippen LogP contribution in [0.1, 0.15) is 341 Å². The fourth-order valence-corrected chi connectivity index (χ4v) is 10.3. The molecule has 0 N–H and O–H groups in total. The second kappa shape index (κ2) is 42.4. The minimum absolute atomic E-state index is 0.0208. The number of Topliss-reactive ketones (excluding diaryl/α,β-unsaturated/α-hetero) is 5. The molecule has 1 heterocycles. The first-order chi connectivity index (χ1) is 42.9. The number of ketones is 5. The summed E-state index contributed by atoms with van der Waals surface area (Å²) in [6.45, 7) is 75.3. The third kappa shape index (κ3) is 50.1.